The van der Waals surface area contributed by atoms with E-state index in [1.165, 1.54) is 0 Å². The number of rotatable bonds is 3. The van der Waals surface area contributed by atoms with E-state index in [1.54, 1.807) is 4.68 Å². The number of nitrogens with zero attached hydrogens (tertiary/aromatic N) is 2. The van der Waals surface area contributed by atoms with Crippen LogP contribution in [0.3, 0.4) is 0 Å². The first-order valence-corrected chi connectivity index (χ1v) is 3.32. The topological polar surface area (TPSA) is 34.9 Å². The Morgan fingerprint density at radius 1 is 1.80 bits per heavy atom. The number of hydrogen-bond donors (Lipinski definition) is 0. The van der Waals surface area contributed by atoms with Crippen LogP contribution in [0.15, 0.2) is 12.3 Å². The summed E-state index contributed by atoms with van der Waals surface area (Å²) in [4.78, 5) is 10.0. The van der Waals surface area contributed by atoms with Crippen LogP contribution in [0.1, 0.15) is 12.6 Å². The molecule has 1 heterocycles. The molecule has 0 aromatic carbocycles. The van der Waals surface area contributed by atoms with Gasteiger partial charge in [0.25, 0.3) is 0 Å². The summed E-state index contributed by atoms with van der Waals surface area (Å²) in [6, 6.07) is 1.86. The van der Waals surface area contributed by atoms with Gasteiger partial charge in [0.2, 0.25) is 0 Å². The molecule has 10 heavy (non-hydrogen) atoms. The average Bonchev–Trinajstić information content (AvgIpc) is 2.37. The highest BCUT2D eigenvalue weighted by Gasteiger charge is 1.94. The standard InChI is InChI=1S/C7H10N2O/c1-2-9-5-3-7(8-9)4-6-10/h3,5-6H,2,4H2,1H3. The molecule has 0 aliphatic carbocycles. The zero-order valence-electron chi connectivity index (χ0n) is 5.95. The maximum absolute atomic E-state index is 10.0. The van der Waals surface area contributed by atoms with Crippen molar-refractivity contribution in [2.45, 2.75) is 19.9 Å². The van der Waals surface area contributed by atoms with Crippen LogP contribution in [0.5, 0.6) is 0 Å². The molecule has 1 aromatic rings. The van der Waals surface area contributed by atoms with E-state index in [2.05, 4.69) is 5.10 Å². The van der Waals surface area contributed by atoms with Crippen molar-refractivity contribution in [1.29, 1.82) is 0 Å². The molecule has 0 unspecified atom stereocenters. The maximum Gasteiger partial charge on any atom is 0.126 e. The molecule has 1 aromatic heterocycles. The zero-order chi connectivity index (χ0) is 7.40. The first-order valence-electron chi connectivity index (χ1n) is 3.32. The van der Waals surface area contributed by atoms with Crippen molar-refractivity contribution in [2.24, 2.45) is 0 Å². The van der Waals surface area contributed by atoms with E-state index in [0.29, 0.717) is 6.42 Å². The quantitative estimate of drug-likeness (QED) is 0.574. The van der Waals surface area contributed by atoms with E-state index < -0.39 is 0 Å². The van der Waals surface area contributed by atoms with Crippen LogP contribution < -0.4 is 0 Å². The van der Waals surface area contributed by atoms with Gasteiger partial charge in [-0.25, -0.2) is 0 Å². The molecule has 0 N–H and O–H groups in total. The van der Waals surface area contributed by atoms with Gasteiger partial charge in [-0.3, -0.25) is 4.68 Å². The van der Waals surface area contributed by atoms with Crippen LogP contribution >= 0.6 is 0 Å². The Bertz CT molecular complexity index is 217. The van der Waals surface area contributed by atoms with Gasteiger partial charge in [0.15, 0.2) is 0 Å². The Morgan fingerprint density at radius 3 is 3.10 bits per heavy atom. The maximum atomic E-state index is 10.0. The number of aldehydes is 1. The molecule has 0 saturated carbocycles. The van der Waals surface area contributed by atoms with Crippen molar-refractivity contribution < 1.29 is 4.79 Å². The van der Waals surface area contributed by atoms with Gasteiger partial charge in [0, 0.05) is 19.2 Å². The Kier molecular flexibility index (Phi) is 2.20. The molecule has 0 amide bonds. The van der Waals surface area contributed by atoms with E-state index in [4.69, 9.17) is 0 Å². The molecule has 0 spiro atoms. The molecule has 0 bridgehead atoms. The SMILES string of the molecule is CCn1ccc(CC=O)n1. The fourth-order valence-electron chi connectivity index (χ4n) is 0.774. The molecule has 1 rings (SSSR count). The van der Waals surface area contributed by atoms with Crippen LogP contribution in [0.4, 0.5) is 0 Å². The second kappa shape index (κ2) is 3.15. The summed E-state index contributed by atoms with van der Waals surface area (Å²) < 4.78 is 1.80. The highest BCUT2D eigenvalue weighted by molar-refractivity contribution is 5.53. The third kappa shape index (κ3) is 1.43. The van der Waals surface area contributed by atoms with Gasteiger partial charge in [-0.05, 0) is 13.0 Å². The third-order valence-electron chi connectivity index (χ3n) is 1.31. The smallest absolute Gasteiger partial charge is 0.126 e. The lowest BCUT2D eigenvalue weighted by Gasteiger charge is -1.90. The Balaban J connectivity index is 2.67. The van der Waals surface area contributed by atoms with Crippen LogP contribution in [0.25, 0.3) is 0 Å². The van der Waals surface area contributed by atoms with Gasteiger partial charge < -0.3 is 4.79 Å². The molecule has 0 aliphatic heterocycles. The second-order valence-electron chi connectivity index (χ2n) is 2.03. The number of aromatic nitrogens is 2. The fourth-order valence-corrected chi connectivity index (χ4v) is 0.774. The van der Waals surface area contributed by atoms with Crippen molar-refractivity contribution in [3.05, 3.63) is 18.0 Å². The zero-order valence-corrected chi connectivity index (χ0v) is 5.95. The summed E-state index contributed by atoms with van der Waals surface area (Å²) in [5.41, 5.74) is 0.844. The first kappa shape index (κ1) is 6.99. The Morgan fingerprint density at radius 2 is 2.60 bits per heavy atom. The number of hydrogen-bond acceptors (Lipinski definition) is 2. The molecular weight excluding hydrogens is 128 g/mol. The van der Waals surface area contributed by atoms with Crippen molar-refractivity contribution in [3.8, 4) is 0 Å². The summed E-state index contributed by atoms with van der Waals surface area (Å²) in [6.07, 6.45) is 3.16. The van der Waals surface area contributed by atoms with Gasteiger partial charge in [0.05, 0.1) is 5.69 Å². The van der Waals surface area contributed by atoms with Crippen LogP contribution in [0, 0.1) is 0 Å². The predicted molar refractivity (Wildman–Crippen MR) is 37.7 cm³/mol. The average molecular weight is 138 g/mol. The predicted octanol–water partition coefficient (Wildman–Crippen LogP) is 0.644. The molecular formula is C7H10N2O. The van der Waals surface area contributed by atoms with Crippen molar-refractivity contribution >= 4 is 6.29 Å². The molecule has 3 nitrogen and oxygen atoms in total. The fraction of sp³-hybridized carbons (Fsp3) is 0.429. The van der Waals surface area contributed by atoms with E-state index in [1.807, 2.05) is 19.2 Å². The van der Waals surface area contributed by atoms with Crippen molar-refractivity contribution in [1.82, 2.24) is 9.78 Å². The summed E-state index contributed by atoms with van der Waals surface area (Å²) in [6.45, 7) is 2.87. The van der Waals surface area contributed by atoms with Gasteiger partial charge in [-0.2, -0.15) is 5.10 Å². The molecule has 0 saturated heterocycles. The summed E-state index contributed by atoms with van der Waals surface area (Å²) in [7, 11) is 0. The van der Waals surface area contributed by atoms with Crippen LogP contribution in [-0.4, -0.2) is 16.1 Å². The molecule has 0 aliphatic rings. The molecule has 0 fully saturated rings. The van der Waals surface area contributed by atoms with E-state index >= 15 is 0 Å². The molecule has 0 radical (unpaired) electrons. The van der Waals surface area contributed by atoms with Crippen molar-refractivity contribution in [3.63, 3.8) is 0 Å². The monoisotopic (exact) mass is 138 g/mol. The molecule has 3 heteroatoms. The highest BCUT2D eigenvalue weighted by atomic mass is 16.1. The number of aryl methyl sites for hydroxylation is 1. The minimum atomic E-state index is 0.424. The van der Waals surface area contributed by atoms with Crippen LogP contribution in [0.2, 0.25) is 0 Å². The molecule has 0 atom stereocenters. The number of carbonyl (C=O) groups is 1. The van der Waals surface area contributed by atoms with Gasteiger partial charge in [0.1, 0.15) is 6.29 Å². The second-order valence-corrected chi connectivity index (χ2v) is 2.03. The lowest BCUT2D eigenvalue weighted by Crippen LogP contribution is -1.95. The largest absolute Gasteiger partial charge is 0.303 e. The third-order valence-corrected chi connectivity index (χ3v) is 1.31. The number of carbonyl (C=O) groups excluding carboxylic acids is 1. The summed E-state index contributed by atoms with van der Waals surface area (Å²) in [5, 5.41) is 4.10. The lowest BCUT2D eigenvalue weighted by molar-refractivity contribution is -0.107. The minimum absolute atomic E-state index is 0.424. The highest BCUT2D eigenvalue weighted by Crippen LogP contribution is 1.94. The molecule has 54 valence electrons. The first-order chi connectivity index (χ1) is 4.86. The summed E-state index contributed by atoms with van der Waals surface area (Å²) >= 11 is 0. The van der Waals surface area contributed by atoms with Crippen LogP contribution in [-0.2, 0) is 17.8 Å². The normalized spacial score (nSPS) is 9.70. The van der Waals surface area contributed by atoms with Gasteiger partial charge in [-0.1, -0.05) is 0 Å². The summed E-state index contributed by atoms with van der Waals surface area (Å²) in [5.74, 6) is 0. The Labute approximate surface area is 59.7 Å². The Hall–Kier alpha value is -1.12. The lowest BCUT2D eigenvalue weighted by atomic mass is 10.3. The van der Waals surface area contributed by atoms with E-state index in [-0.39, 0.29) is 0 Å². The van der Waals surface area contributed by atoms with E-state index in [9.17, 15) is 4.79 Å². The van der Waals surface area contributed by atoms with Gasteiger partial charge >= 0.3 is 0 Å². The van der Waals surface area contributed by atoms with E-state index in [0.717, 1.165) is 18.5 Å². The minimum Gasteiger partial charge on any atom is -0.303 e. The van der Waals surface area contributed by atoms with Gasteiger partial charge in [-0.15, -0.1) is 0 Å². The van der Waals surface area contributed by atoms with Crippen molar-refractivity contribution in [2.75, 3.05) is 0 Å².